The highest BCUT2D eigenvalue weighted by Gasteiger charge is 2.35. The zero-order chi connectivity index (χ0) is 27.9. The van der Waals surface area contributed by atoms with E-state index in [1.165, 1.54) is 6.33 Å². The second-order valence-corrected chi connectivity index (χ2v) is 9.66. The molecule has 11 heteroatoms. The number of likely N-dealkylation sites (tertiary alicyclic amines) is 1. The second-order valence-electron chi connectivity index (χ2n) is 9.66. The second kappa shape index (κ2) is 12.5. The van der Waals surface area contributed by atoms with E-state index in [-0.39, 0.29) is 18.6 Å². The van der Waals surface area contributed by atoms with Crippen molar-refractivity contribution >= 4 is 29.0 Å². The molecule has 0 radical (unpaired) electrons. The molecular weight excluding hydrogens is 510 g/mol. The predicted octanol–water partition coefficient (Wildman–Crippen LogP) is 3.34. The third-order valence-electron chi connectivity index (χ3n) is 7.06. The van der Waals surface area contributed by atoms with Crippen molar-refractivity contribution in [3.05, 3.63) is 84.3 Å². The summed E-state index contributed by atoms with van der Waals surface area (Å²) < 4.78 is 12.5. The van der Waals surface area contributed by atoms with Crippen molar-refractivity contribution in [1.29, 1.82) is 0 Å². The summed E-state index contributed by atoms with van der Waals surface area (Å²) in [7, 11) is 3.24. The summed E-state index contributed by atoms with van der Waals surface area (Å²) in [5, 5.41) is 13.4. The van der Waals surface area contributed by atoms with Crippen LogP contribution in [-0.4, -0.2) is 64.8 Å². The number of nitrogens with zero attached hydrogens (tertiary/aromatic N) is 4. The number of hydrogen-bond donors (Lipinski definition) is 3. The van der Waals surface area contributed by atoms with Crippen molar-refractivity contribution in [3.8, 4) is 5.75 Å². The largest absolute Gasteiger partial charge is 0.497 e. The van der Waals surface area contributed by atoms with Gasteiger partial charge in [-0.2, -0.15) is 5.10 Å². The van der Waals surface area contributed by atoms with Crippen LogP contribution in [-0.2, 0) is 22.7 Å². The molecule has 3 N–H and O–H groups in total. The summed E-state index contributed by atoms with van der Waals surface area (Å²) >= 11 is 0. The first-order chi connectivity index (χ1) is 19.5. The highest BCUT2D eigenvalue weighted by atomic mass is 16.5. The number of carbonyl (C=O) groups excluding carboxylic acids is 2. The van der Waals surface area contributed by atoms with Crippen LogP contribution < -0.4 is 20.7 Å². The summed E-state index contributed by atoms with van der Waals surface area (Å²) in [6.07, 6.45) is 3.49. The highest BCUT2D eigenvalue weighted by Crippen LogP contribution is 2.27. The van der Waals surface area contributed by atoms with Crippen LogP contribution in [0.1, 0.15) is 17.5 Å². The first kappa shape index (κ1) is 26.9. The molecular formula is C29H33N7O4. The fraction of sp³-hybridized carbons (Fsp3) is 0.310. The number of benzene rings is 2. The molecule has 5 rings (SSSR count). The maximum Gasteiger partial charge on any atom is 0.407 e. The van der Waals surface area contributed by atoms with E-state index in [1.54, 1.807) is 18.7 Å². The van der Waals surface area contributed by atoms with Gasteiger partial charge in [0.15, 0.2) is 5.82 Å². The molecule has 1 aliphatic rings. The molecule has 11 nitrogen and oxygen atoms in total. The van der Waals surface area contributed by atoms with Crippen LogP contribution in [0, 0.1) is 5.92 Å². The van der Waals surface area contributed by atoms with Crippen LogP contribution in [0.25, 0.3) is 5.52 Å². The van der Waals surface area contributed by atoms with Gasteiger partial charge in [0.1, 0.15) is 24.2 Å². The van der Waals surface area contributed by atoms with Crippen molar-refractivity contribution in [1.82, 2.24) is 30.1 Å². The summed E-state index contributed by atoms with van der Waals surface area (Å²) in [5.74, 6) is 0.862. The lowest BCUT2D eigenvalue weighted by Crippen LogP contribution is -2.55. The highest BCUT2D eigenvalue weighted by molar-refractivity contribution is 5.80. The van der Waals surface area contributed by atoms with Crippen LogP contribution in [0.3, 0.4) is 0 Å². The van der Waals surface area contributed by atoms with E-state index >= 15 is 0 Å². The van der Waals surface area contributed by atoms with E-state index in [0.29, 0.717) is 31.9 Å². The SMILES string of the molecule is CNC(=O)[C@H]1CN(Cc2ccn3ncnc(Nc4cccc(OC)c4)c23)CCC1NC(=O)OCc1ccccc1. The third-order valence-corrected chi connectivity index (χ3v) is 7.06. The molecule has 1 unspecified atom stereocenters. The van der Waals surface area contributed by atoms with E-state index in [1.807, 2.05) is 66.9 Å². The first-order valence-electron chi connectivity index (χ1n) is 13.2. The van der Waals surface area contributed by atoms with E-state index in [4.69, 9.17) is 9.47 Å². The van der Waals surface area contributed by atoms with E-state index in [9.17, 15) is 9.59 Å². The normalized spacial score (nSPS) is 17.2. The molecule has 1 fully saturated rings. The van der Waals surface area contributed by atoms with Crippen molar-refractivity contribution in [3.63, 3.8) is 0 Å². The molecule has 208 valence electrons. The molecule has 2 atom stereocenters. The van der Waals surface area contributed by atoms with Gasteiger partial charge < -0.3 is 25.4 Å². The summed E-state index contributed by atoms with van der Waals surface area (Å²) in [5.41, 5.74) is 3.62. The topological polar surface area (TPSA) is 122 Å². The van der Waals surface area contributed by atoms with E-state index in [2.05, 4.69) is 30.9 Å². The maximum absolute atomic E-state index is 12.8. The number of fused-ring (bicyclic) bond motifs is 1. The van der Waals surface area contributed by atoms with Gasteiger partial charge in [0, 0.05) is 50.7 Å². The number of rotatable bonds is 9. The molecule has 2 amide bonds. The monoisotopic (exact) mass is 543 g/mol. The van der Waals surface area contributed by atoms with Crippen LogP contribution in [0.5, 0.6) is 5.75 Å². The zero-order valence-corrected chi connectivity index (χ0v) is 22.5. The number of hydrogen-bond acceptors (Lipinski definition) is 8. The van der Waals surface area contributed by atoms with Crippen LogP contribution in [0.4, 0.5) is 16.3 Å². The lowest BCUT2D eigenvalue weighted by atomic mass is 9.91. The first-order valence-corrected chi connectivity index (χ1v) is 13.2. The summed E-state index contributed by atoms with van der Waals surface area (Å²) in [6.45, 7) is 1.94. The van der Waals surface area contributed by atoms with Gasteiger partial charge in [0.05, 0.1) is 13.0 Å². The van der Waals surface area contributed by atoms with Crippen LogP contribution in [0.15, 0.2) is 73.2 Å². The Hall–Kier alpha value is -4.64. The number of alkyl carbamates (subject to hydrolysis) is 1. The van der Waals surface area contributed by atoms with Crippen LogP contribution in [0.2, 0.25) is 0 Å². The standard InChI is InChI=1S/C29H33N7O4/c1-30-28(37)24-17-35(13-12-25(24)34-29(38)40-18-20-7-4-3-5-8-20)16-21-11-14-36-26(21)27(31-19-32-36)33-22-9-6-10-23(15-22)39-2/h3-11,14-15,19,24-25H,12-13,16-18H2,1-2H3,(H,30,37)(H,34,38)(H,31,32,33)/t24-,25?/m0/s1. The molecule has 2 aromatic heterocycles. The number of amides is 2. The van der Waals surface area contributed by atoms with E-state index < -0.39 is 12.0 Å². The lowest BCUT2D eigenvalue weighted by Gasteiger charge is -2.37. The maximum atomic E-state index is 12.8. The van der Waals surface area contributed by atoms with Crippen molar-refractivity contribution in [2.75, 3.05) is 32.6 Å². The Morgan fingerprint density at radius 2 is 1.95 bits per heavy atom. The van der Waals surface area contributed by atoms with Gasteiger partial charge in [0.2, 0.25) is 5.91 Å². The van der Waals surface area contributed by atoms with Crippen molar-refractivity contribution in [2.45, 2.75) is 25.6 Å². The molecule has 0 spiro atoms. The smallest absolute Gasteiger partial charge is 0.407 e. The molecule has 0 bridgehead atoms. The summed E-state index contributed by atoms with van der Waals surface area (Å²) in [6, 6.07) is 18.8. The minimum atomic E-state index is -0.528. The molecule has 0 saturated carbocycles. The predicted molar refractivity (Wildman–Crippen MR) is 150 cm³/mol. The number of ether oxygens (including phenoxy) is 2. The molecule has 0 aliphatic carbocycles. The Balaban J connectivity index is 1.27. The van der Waals surface area contributed by atoms with Gasteiger partial charge >= 0.3 is 6.09 Å². The third kappa shape index (κ3) is 6.32. The lowest BCUT2D eigenvalue weighted by molar-refractivity contribution is -0.127. The Bertz CT molecular complexity index is 1460. The number of anilines is 2. The molecule has 2 aromatic carbocycles. The van der Waals surface area contributed by atoms with Crippen LogP contribution >= 0.6 is 0 Å². The zero-order valence-electron chi connectivity index (χ0n) is 22.5. The van der Waals surface area contributed by atoms with Gasteiger partial charge in [0.25, 0.3) is 0 Å². The van der Waals surface area contributed by atoms with Gasteiger partial charge in [-0.15, -0.1) is 0 Å². The number of carbonyl (C=O) groups is 2. The van der Waals surface area contributed by atoms with E-state index in [0.717, 1.165) is 28.1 Å². The number of nitrogens with one attached hydrogen (secondary N) is 3. The van der Waals surface area contributed by atoms with Gasteiger partial charge in [-0.05, 0) is 35.7 Å². The average molecular weight is 544 g/mol. The Morgan fingerprint density at radius 3 is 2.75 bits per heavy atom. The minimum Gasteiger partial charge on any atom is -0.497 e. The summed E-state index contributed by atoms with van der Waals surface area (Å²) in [4.78, 5) is 32.1. The fourth-order valence-corrected chi connectivity index (χ4v) is 5.02. The number of aromatic nitrogens is 3. The molecule has 1 saturated heterocycles. The Morgan fingerprint density at radius 1 is 1.10 bits per heavy atom. The molecule has 1 aliphatic heterocycles. The Labute approximate surface area is 232 Å². The fourth-order valence-electron chi connectivity index (χ4n) is 5.02. The molecule has 3 heterocycles. The van der Waals surface area contributed by atoms with Gasteiger partial charge in [-0.3, -0.25) is 9.69 Å². The molecule has 40 heavy (non-hydrogen) atoms. The number of methoxy groups -OCH3 is 1. The minimum absolute atomic E-state index is 0.122. The van der Waals surface area contributed by atoms with Crippen molar-refractivity contribution < 1.29 is 19.1 Å². The Kier molecular flexibility index (Phi) is 8.41. The number of piperidine rings is 1. The molecule has 4 aromatic rings. The van der Waals surface area contributed by atoms with Gasteiger partial charge in [-0.1, -0.05) is 36.4 Å². The van der Waals surface area contributed by atoms with Gasteiger partial charge in [-0.25, -0.2) is 14.3 Å². The van der Waals surface area contributed by atoms with Crippen molar-refractivity contribution in [2.24, 2.45) is 5.92 Å². The quantitative estimate of drug-likeness (QED) is 0.294. The average Bonchev–Trinajstić information content (AvgIpc) is 3.40.